The Morgan fingerprint density at radius 3 is 2.56 bits per heavy atom. The zero-order valence-corrected chi connectivity index (χ0v) is 9.90. The number of aromatic amines is 1. The van der Waals surface area contributed by atoms with Gasteiger partial charge in [-0.15, -0.1) is 0 Å². The van der Waals surface area contributed by atoms with E-state index in [1.54, 1.807) is 24.4 Å². The largest absolute Gasteiger partial charge is 0.332 e. The predicted molar refractivity (Wildman–Crippen MR) is 71.5 cm³/mol. The van der Waals surface area contributed by atoms with Crippen molar-refractivity contribution < 1.29 is 4.92 Å². The minimum atomic E-state index is -0.454. The van der Waals surface area contributed by atoms with Crippen molar-refractivity contribution in [2.45, 2.75) is 0 Å². The standard InChI is InChI=1S/C10H9N5O2S/c16-15(17)8-3-1-7(2-4-8)12-10(18)13-9-5-6-11-14-9/h1-6H,(H3,11,12,13,14,18). The molecule has 8 heteroatoms. The zero-order chi connectivity index (χ0) is 13.0. The van der Waals surface area contributed by atoms with Crippen LogP contribution in [0.4, 0.5) is 17.2 Å². The molecule has 18 heavy (non-hydrogen) atoms. The number of H-pyrrole nitrogens is 1. The summed E-state index contributed by atoms with van der Waals surface area (Å²) >= 11 is 5.06. The Kier molecular flexibility index (Phi) is 3.49. The van der Waals surface area contributed by atoms with Crippen molar-refractivity contribution in [1.82, 2.24) is 10.2 Å². The Morgan fingerprint density at radius 2 is 2.00 bits per heavy atom. The highest BCUT2D eigenvalue weighted by Gasteiger charge is 2.05. The van der Waals surface area contributed by atoms with E-state index in [1.165, 1.54) is 12.1 Å². The molecule has 0 fully saturated rings. The second-order valence-electron chi connectivity index (χ2n) is 3.34. The lowest BCUT2D eigenvalue weighted by Crippen LogP contribution is -2.19. The molecular formula is C10H9N5O2S. The molecular weight excluding hydrogens is 254 g/mol. The van der Waals surface area contributed by atoms with Crippen LogP contribution in [0.25, 0.3) is 0 Å². The number of nitro groups is 1. The maximum Gasteiger partial charge on any atom is 0.269 e. The van der Waals surface area contributed by atoms with Crippen LogP contribution in [0.2, 0.25) is 0 Å². The number of hydrogen-bond acceptors (Lipinski definition) is 4. The number of rotatable bonds is 3. The van der Waals surface area contributed by atoms with Gasteiger partial charge in [-0.05, 0) is 24.4 Å². The van der Waals surface area contributed by atoms with Gasteiger partial charge in [-0.1, -0.05) is 0 Å². The van der Waals surface area contributed by atoms with E-state index in [4.69, 9.17) is 12.2 Å². The number of thiocarbonyl (C=S) groups is 1. The van der Waals surface area contributed by atoms with Gasteiger partial charge in [0.1, 0.15) is 0 Å². The van der Waals surface area contributed by atoms with Gasteiger partial charge in [0.25, 0.3) is 5.69 Å². The summed E-state index contributed by atoms with van der Waals surface area (Å²) in [6.07, 6.45) is 1.66. The predicted octanol–water partition coefficient (Wildman–Crippen LogP) is 2.13. The Hall–Kier alpha value is -2.48. The topological polar surface area (TPSA) is 95.9 Å². The fraction of sp³-hybridized carbons (Fsp3) is 0. The number of benzene rings is 1. The van der Waals surface area contributed by atoms with Gasteiger partial charge in [-0.2, -0.15) is 5.10 Å². The third-order valence-corrected chi connectivity index (χ3v) is 2.28. The zero-order valence-electron chi connectivity index (χ0n) is 9.08. The molecule has 2 rings (SSSR count). The fourth-order valence-corrected chi connectivity index (χ4v) is 1.50. The summed E-state index contributed by atoms with van der Waals surface area (Å²) in [5.74, 6) is 0.592. The highest BCUT2D eigenvalue weighted by atomic mass is 32.1. The molecule has 1 heterocycles. The molecule has 0 saturated heterocycles. The second-order valence-corrected chi connectivity index (χ2v) is 3.75. The summed E-state index contributed by atoms with van der Waals surface area (Å²) in [4.78, 5) is 10.0. The summed E-state index contributed by atoms with van der Waals surface area (Å²) in [5, 5.41) is 23.1. The van der Waals surface area contributed by atoms with Crippen LogP contribution in [-0.2, 0) is 0 Å². The maximum atomic E-state index is 10.5. The molecule has 0 unspecified atom stereocenters. The van der Waals surface area contributed by atoms with Gasteiger partial charge in [0.05, 0.1) is 4.92 Å². The van der Waals surface area contributed by atoms with Crippen molar-refractivity contribution in [3.63, 3.8) is 0 Å². The van der Waals surface area contributed by atoms with Gasteiger partial charge in [-0.25, -0.2) is 0 Å². The Labute approximate surface area is 107 Å². The van der Waals surface area contributed by atoms with E-state index in [1.807, 2.05) is 0 Å². The van der Waals surface area contributed by atoms with Gasteiger partial charge in [0, 0.05) is 30.1 Å². The minimum Gasteiger partial charge on any atom is -0.332 e. The van der Waals surface area contributed by atoms with Crippen LogP contribution < -0.4 is 10.6 Å². The molecule has 0 amide bonds. The first kappa shape index (κ1) is 12.0. The first-order valence-corrected chi connectivity index (χ1v) is 5.38. The third-order valence-electron chi connectivity index (χ3n) is 2.08. The van der Waals surface area contributed by atoms with Crippen molar-refractivity contribution in [3.05, 3.63) is 46.6 Å². The summed E-state index contributed by atoms with van der Waals surface area (Å²) in [5.41, 5.74) is 0.695. The molecule has 92 valence electrons. The Morgan fingerprint density at radius 1 is 1.28 bits per heavy atom. The van der Waals surface area contributed by atoms with Crippen molar-refractivity contribution in [2.75, 3.05) is 10.6 Å². The Balaban J connectivity index is 1.97. The van der Waals surface area contributed by atoms with E-state index in [-0.39, 0.29) is 5.69 Å². The molecule has 7 nitrogen and oxygen atoms in total. The number of hydrogen-bond donors (Lipinski definition) is 3. The summed E-state index contributed by atoms with van der Waals surface area (Å²) in [6, 6.07) is 7.69. The highest BCUT2D eigenvalue weighted by molar-refractivity contribution is 7.80. The lowest BCUT2D eigenvalue weighted by molar-refractivity contribution is -0.384. The van der Waals surface area contributed by atoms with Crippen LogP contribution in [0.15, 0.2) is 36.5 Å². The van der Waals surface area contributed by atoms with Gasteiger partial charge in [-0.3, -0.25) is 15.2 Å². The van der Waals surface area contributed by atoms with Gasteiger partial charge in [0.2, 0.25) is 0 Å². The van der Waals surface area contributed by atoms with Gasteiger partial charge < -0.3 is 10.6 Å². The quantitative estimate of drug-likeness (QED) is 0.446. The van der Waals surface area contributed by atoms with E-state index >= 15 is 0 Å². The smallest absolute Gasteiger partial charge is 0.269 e. The molecule has 0 spiro atoms. The molecule has 0 bridgehead atoms. The van der Waals surface area contributed by atoms with E-state index < -0.39 is 4.92 Å². The number of nitrogens with one attached hydrogen (secondary N) is 3. The molecule has 3 N–H and O–H groups in total. The van der Waals surface area contributed by atoms with Crippen molar-refractivity contribution >= 4 is 34.5 Å². The maximum absolute atomic E-state index is 10.5. The molecule has 0 saturated carbocycles. The van der Waals surface area contributed by atoms with Crippen LogP contribution in [0, 0.1) is 10.1 Å². The molecule has 0 atom stereocenters. The normalized spacial score (nSPS) is 9.78. The highest BCUT2D eigenvalue weighted by Crippen LogP contribution is 2.15. The van der Waals surface area contributed by atoms with Crippen molar-refractivity contribution in [1.29, 1.82) is 0 Å². The molecule has 0 radical (unpaired) electrons. The second kappa shape index (κ2) is 5.23. The van der Waals surface area contributed by atoms with E-state index in [0.29, 0.717) is 16.6 Å². The Bertz CT molecular complexity index is 552. The fourth-order valence-electron chi connectivity index (χ4n) is 1.28. The molecule has 0 aliphatic heterocycles. The number of nitrogens with zero attached hydrogens (tertiary/aromatic N) is 2. The average Bonchev–Trinajstić information content (AvgIpc) is 2.82. The van der Waals surface area contributed by atoms with Crippen molar-refractivity contribution in [3.8, 4) is 0 Å². The molecule has 0 aliphatic rings. The van der Waals surface area contributed by atoms with Gasteiger partial charge >= 0.3 is 0 Å². The van der Waals surface area contributed by atoms with Crippen molar-refractivity contribution in [2.24, 2.45) is 0 Å². The van der Waals surface area contributed by atoms with E-state index in [0.717, 1.165) is 0 Å². The SMILES string of the molecule is O=[N+]([O-])c1ccc(NC(=S)Nc2cc[nH]n2)cc1. The first-order chi connectivity index (χ1) is 8.65. The first-order valence-electron chi connectivity index (χ1n) is 4.97. The van der Waals surface area contributed by atoms with E-state index in [2.05, 4.69) is 20.8 Å². The van der Waals surface area contributed by atoms with Crippen LogP contribution in [-0.4, -0.2) is 20.2 Å². The lowest BCUT2D eigenvalue weighted by atomic mass is 10.3. The number of anilines is 2. The number of nitro benzene ring substituents is 1. The van der Waals surface area contributed by atoms with Crippen LogP contribution in [0.3, 0.4) is 0 Å². The molecule has 1 aromatic heterocycles. The molecule has 2 aromatic rings. The summed E-state index contributed by atoms with van der Waals surface area (Å²) in [7, 11) is 0. The van der Waals surface area contributed by atoms with Gasteiger partial charge in [0.15, 0.2) is 10.9 Å². The number of non-ortho nitro benzene ring substituents is 1. The lowest BCUT2D eigenvalue weighted by Gasteiger charge is -2.07. The average molecular weight is 263 g/mol. The van der Waals surface area contributed by atoms with Crippen LogP contribution in [0.1, 0.15) is 0 Å². The molecule has 1 aromatic carbocycles. The summed E-state index contributed by atoms with van der Waals surface area (Å²) < 4.78 is 0. The molecule has 0 aliphatic carbocycles. The minimum absolute atomic E-state index is 0.0340. The van der Waals surface area contributed by atoms with Crippen LogP contribution in [0.5, 0.6) is 0 Å². The monoisotopic (exact) mass is 263 g/mol. The van der Waals surface area contributed by atoms with E-state index in [9.17, 15) is 10.1 Å². The number of aromatic nitrogens is 2. The summed E-state index contributed by atoms with van der Waals surface area (Å²) in [6.45, 7) is 0. The third kappa shape index (κ3) is 3.01. The van der Waals surface area contributed by atoms with Crippen LogP contribution >= 0.6 is 12.2 Å².